The molecule has 1 N–H and O–H groups in total. The number of rotatable bonds is 7. The molecule has 0 aliphatic carbocycles. The lowest BCUT2D eigenvalue weighted by Gasteiger charge is -2.33. The predicted molar refractivity (Wildman–Crippen MR) is 75.5 cm³/mol. The number of hydrogen-bond donors (Lipinski definition) is 1. The number of likely N-dealkylation sites (tertiary alicyclic amines) is 1. The van der Waals surface area contributed by atoms with Crippen LogP contribution in [0.3, 0.4) is 0 Å². The Balaban J connectivity index is 2.31. The number of carbonyl (C=O) groups excluding carboxylic acids is 1. The van der Waals surface area contributed by atoms with Crippen molar-refractivity contribution in [3.05, 3.63) is 0 Å². The van der Waals surface area contributed by atoms with Gasteiger partial charge in [0.2, 0.25) is 5.91 Å². The van der Waals surface area contributed by atoms with Gasteiger partial charge in [0.25, 0.3) is 0 Å². The Bertz CT molecular complexity index is 233. The first-order chi connectivity index (χ1) is 8.15. The van der Waals surface area contributed by atoms with Gasteiger partial charge >= 0.3 is 0 Å². The highest BCUT2D eigenvalue weighted by Crippen LogP contribution is 2.13. The topological polar surface area (TPSA) is 32.3 Å². The third kappa shape index (κ3) is 5.30. The number of thioether (sulfide) groups is 1. The number of hydrogen-bond acceptors (Lipinski definition) is 3. The molecule has 3 nitrogen and oxygen atoms in total. The van der Waals surface area contributed by atoms with E-state index in [2.05, 4.69) is 25.4 Å². The first kappa shape index (κ1) is 14.8. The van der Waals surface area contributed by atoms with E-state index in [0.29, 0.717) is 11.9 Å². The van der Waals surface area contributed by atoms with Gasteiger partial charge in [-0.3, -0.25) is 4.79 Å². The summed E-state index contributed by atoms with van der Waals surface area (Å²) in [7, 11) is 0. The highest BCUT2D eigenvalue weighted by molar-refractivity contribution is 7.98. The fraction of sp³-hybridized carbons (Fsp3) is 0.923. The largest absolute Gasteiger partial charge is 0.341 e. The van der Waals surface area contributed by atoms with Crippen LogP contribution in [0.4, 0.5) is 0 Å². The van der Waals surface area contributed by atoms with Gasteiger partial charge in [0.15, 0.2) is 0 Å². The standard InChI is InChI=1S/C13H26N2OS/c1-11(2)14-12-7-6-9-15(13(12)16)8-4-5-10-17-3/h11-12,14H,4-10H2,1-3H3. The van der Waals surface area contributed by atoms with E-state index in [1.54, 1.807) is 0 Å². The van der Waals surface area contributed by atoms with Gasteiger partial charge in [-0.2, -0.15) is 11.8 Å². The molecule has 1 heterocycles. The fourth-order valence-electron chi connectivity index (χ4n) is 2.27. The Morgan fingerprint density at radius 1 is 1.47 bits per heavy atom. The minimum Gasteiger partial charge on any atom is -0.341 e. The van der Waals surface area contributed by atoms with Crippen molar-refractivity contribution in [2.75, 3.05) is 25.1 Å². The number of nitrogens with zero attached hydrogens (tertiary/aromatic N) is 1. The highest BCUT2D eigenvalue weighted by atomic mass is 32.2. The molecule has 0 radical (unpaired) electrons. The van der Waals surface area contributed by atoms with Crippen LogP contribution in [0.1, 0.15) is 39.5 Å². The summed E-state index contributed by atoms with van der Waals surface area (Å²) in [4.78, 5) is 14.2. The number of amides is 1. The zero-order chi connectivity index (χ0) is 12.7. The quantitative estimate of drug-likeness (QED) is 0.710. The van der Waals surface area contributed by atoms with Crippen LogP contribution in [0.2, 0.25) is 0 Å². The number of nitrogens with one attached hydrogen (secondary N) is 1. The van der Waals surface area contributed by atoms with E-state index in [0.717, 1.165) is 32.4 Å². The third-order valence-corrected chi connectivity index (χ3v) is 3.79. The van der Waals surface area contributed by atoms with Crippen molar-refractivity contribution in [1.82, 2.24) is 10.2 Å². The van der Waals surface area contributed by atoms with Gasteiger partial charge in [-0.1, -0.05) is 13.8 Å². The predicted octanol–water partition coefficient (Wildman–Crippen LogP) is 2.12. The van der Waals surface area contributed by atoms with Crippen LogP contribution in [0.25, 0.3) is 0 Å². The summed E-state index contributed by atoms with van der Waals surface area (Å²) in [5, 5.41) is 3.37. The Hall–Kier alpha value is -0.220. The Kier molecular flexibility index (Phi) is 6.97. The molecule has 0 spiro atoms. The molecule has 1 aliphatic heterocycles. The molecular formula is C13H26N2OS. The Labute approximate surface area is 110 Å². The minimum atomic E-state index is 0.0595. The summed E-state index contributed by atoms with van der Waals surface area (Å²) in [6.45, 7) is 6.10. The molecule has 1 unspecified atom stereocenters. The van der Waals surface area contributed by atoms with Gasteiger partial charge in [-0.25, -0.2) is 0 Å². The molecule has 1 rings (SSSR count). The van der Waals surface area contributed by atoms with Crippen molar-refractivity contribution in [2.24, 2.45) is 0 Å². The second-order valence-electron chi connectivity index (χ2n) is 5.04. The Morgan fingerprint density at radius 3 is 2.88 bits per heavy atom. The molecule has 0 aromatic heterocycles. The van der Waals surface area contributed by atoms with E-state index in [4.69, 9.17) is 0 Å². The van der Waals surface area contributed by atoms with Crippen LogP contribution < -0.4 is 5.32 Å². The SMILES string of the molecule is CSCCCCN1CCCC(NC(C)C)C1=O. The summed E-state index contributed by atoms with van der Waals surface area (Å²) >= 11 is 1.88. The number of piperidine rings is 1. The first-order valence-electron chi connectivity index (χ1n) is 6.69. The van der Waals surface area contributed by atoms with E-state index in [1.165, 1.54) is 12.2 Å². The molecule has 0 aromatic carbocycles. The number of unbranched alkanes of at least 4 members (excludes halogenated alkanes) is 1. The van der Waals surface area contributed by atoms with Crippen LogP contribution in [-0.2, 0) is 4.79 Å². The molecule has 100 valence electrons. The average molecular weight is 258 g/mol. The first-order valence-corrected chi connectivity index (χ1v) is 8.08. The smallest absolute Gasteiger partial charge is 0.239 e. The monoisotopic (exact) mass is 258 g/mol. The zero-order valence-corrected chi connectivity index (χ0v) is 12.2. The molecular weight excluding hydrogens is 232 g/mol. The molecule has 4 heteroatoms. The highest BCUT2D eigenvalue weighted by Gasteiger charge is 2.28. The van der Waals surface area contributed by atoms with Gasteiger partial charge < -0.3 is 10.2 Å². The van der Waals surface area contributed by atoms with Crippen molar-refractivity contribution < 1.29 is 4.79 Å². The average Bonchev–Trinajstić information content (AvgIpc) is 2.28. The van der Waals surface area contributed by atoms with Crippen molar-refractivity contribution in [1.29, 1.82) is 0 Å². The second kappa shape index (κ2) is 7.98. The summed E-state index contributed by atoms with van der Waals surface area (Å²) in [6, 6.07) is 0.449. The lowest BCUT2D eigenvalue weighted by molar-refractivity contribution is -0.136. The molecule has 1 saturated heterocycles. The normalized spacial score (nSPS) is 21.3. The molecule has 0 bridgehead atoms. The molecule has 1 amide bonds. The van der Waals surface area contributed by atoms with E-state index in [9.17, 15) is 4.79 Å². The van der Waals surface area contributed by atoms with E-state index < -0.39 is 0 Å². The van der Waals surface area contributed by atoms with Gasteiger partial charge in [-0.05, 0) is 37.7 Å². The van der Waals surface area contributed by atoms with E-state index >= 15 is 0 Å². The van der Waals surface area contributed by atoms with Crippen LogP contribution in [0.15, 0.2) is 0 Å². The summed E-state index contributed by atoms with van der Waals surface area (Å²) in [5.74, 6) is 1.52. The molecule has 17 heavy (non-hydrogen) atoms. The molecule has 0 aromatic rings. The third-order valence-electron chi connectivity index (χ3n) is 3.09. The van der Waals surface area contributed by atoms with Crippen LogP contribution in [0.5, 0.6) is 0 Å². The van der Waals surface area contributed by atoms with Crippen LogP contribution in [0, 0.1) is 0 Å². The molecule has 1 aliphatic rings. The van der Waals surface area contributed by atoms with Crippen molar-refractivity contribution in [2.45, 2.75) is 51.6 Å². The zero-order valence-electron chi connectivity index (χ0n) is 11.4. The molecule has 1 fully saturated rings. The van der Waals surface area contributed by atoms with Gasteiger partial charge in [-0.15, -0.1) is 0 Å². The van der Waals surface area contributed by atoms with Crippen molar-refractivity contribution >= 4 is 17.7 Å². The minimum absolute atomic E-state index is 0.0595. The second-order valence-corrected chi connectivity index (χ2v) is 6.03. The lowest BCUT2D eigenvalue weighted by atomic mass is 10.0. The Morgan fingerprint density at radius 2 is 2.24 bits per heavy atom. The van der Waals surface area contributed by atoms with Crippen molar-refractivity contribution in [3.63, 3.8) is 0 Å². The molecule has 0 saturated carbocycles. The number of carbonyl (C=O) groups is 1. The van der Waals surface area contributed by atoms with Crippen LogP contribution >= 0.6 is 11.8 Å². The van der Waals surface area contributed by atoms with Gasteiger partial charge in [0, 0.05) is 19.1 Å². The molecule has 1 atom stereocenters. The lowest BCUT2D eigenvalue weighted by Crippen LogP contribution is -2.52. The fourth-order valence-corrected chi connectivity index (χ4v) is 2.76. The van der Waals surface area contributed by atoms with E-state index in [-0.39, 0.29) is 6.04 Å². The van der Waals surface area contributed by atoms with Gasteiger partial charge in [0.1, 0.15) is 0 Å². The maximum Gasteiger partial charge on any atom is 0.239 e. The van der Waals surface area contributed by atoms with E-state index in [1.807, 2.05) is 16.7 Å². The van der Waals surface area contributed by atoms with Crippen molar-refractivity contribution in [3.8, 4) is 0 Å². The summed E-state index contributed by atoms with van der Waals surface area (Å²) in [5.41, 5.74) is 0. The van der Waals surface area contributed by atoms with Crippen LogP contribution in [-0.4, -0.2) is 48.0 Å². The summed E-state index contributed by atoms with van der Waals surface area (Å²) < 4.78 is 0. The summed E-state index contributed by atoms with van der Waals surface area (Å²) in [6.07, 6.45) is 6.62. The maximum atomic E-state index is 12.2. The van der Waals surface area contributed by atoms with Gasteiger partial charge in [0.05, 0.1) is 6.04 Å². The maximum absolute atomic E-state index is 12.2.